The molecular formula is C7H7BO3. The Bertz CT molecular complexity index is 207. The van der Waals surface area contributed by atoms with Crippen LogP contribution in [0, 0.1) is 0 Å². The van der Waals surface area contributed by atoms with Crippen LogP contribution in [0.2, 0.25) is 0 Å². The molecule has 0 aliphatic carbocycles. The van der Waals surface area contributed by atoms with E-state index in [1.807, 2.05) is 0 Å². The van der Waals surface area contributed by atoms with Crippen LogP contribution >= 0.6 is 0 Å². The van der Waals surface area contributed by atoms with Crippen molar-refractivity contribution in [3.8, 4) is 0 Å². The Labute approximate surface area is 66.1 Å². The van der Waals surface area contributed by atoms with Crippen LogP contribution in [-0.4, -0.2) is 25.1 Å². The maximum atomic E-state index is 10.1. The number of carbonyl (C=O) groups is 1. The third-order valence-electron chi connectivity index (χ3n) is 1.07. The summed E-state index contributed by atoms with van der Waals surface area (Å²) in [5.74, 6) is 0. The zero-order valence-electron chi connectivity index (χ0n) is 5.77. The van der Waals surface area contributed by atoms with E-state index in [0.717, 1.165) is 6.29 Å². The van der Waals surface area contributed by atoms with E-state index in [-0.39, 0.29) is 11.0 Å². The topological polar surface area (TPSA) is 77.1 Å². The maximum absolute atomic E-state index is 10.1. The summed E-state index contributed by atoms with van der Waals surface area (Å²) in [4.78, 5) is 10.1. The van der Waals surface area contributed by atoms with Crippen molar-refractivity contribution in [1.29, 1.82) is 0 Å². The van der Waals surface area contributed by atoms with Crippen molar-refractivity contribution in [1.82, 2.24) is 0 Å². The SMILES string of the molecule is [B+2]c1ccc(C=O)cc1.[OH-].[OH-]. The minimum absolute atomic E-state index is 0. The van der Waals surface area contributed by atoms with Gasteiger partial charge in [0.25, 0.3) is 0 Å². The van der Waals surface area contributed by atoms with Gasteiger partial charge >= 0.3 is 54.2 Å². The van der Waals surface area contributed by atoms with Crippen LogP contribution in [0.15, 0.2) is 24.3 Å². The van der Waals surface area contributed by atoms with E-state index in [9.17, 15) is 4.79 Å². The molecule has 0 saturated heterocycles. The van der Waals surface area contributed by atoms with Crippen molar-refractivity contribution in [2.75, 3.05) is 0 Å². The largest absolute Gasteiger partial charge is 0.870 e. The number of rotatable bonds is 1. The van der Waals surface area contributed by atoms with Gasteiger partial charge in [-0.05, 0) is 0 Å². The summed E-state index contributed by atoms with van der Waals surface area (Å²) in [5, 5.41) is 0. The molecule has 0 fully saturated rings. The normalized spacial score (nSPS) is 7.45. The van der Waals surface area contributed by atoms with Crippen molar-refractivity contribution in [2.24, 2.45) is 0 Å². The van der Waals surface area contributed by atoms with Crippen LogP contribution in [0.1, 0.15) is 10.4 Å². The van der Waals surface area contributed by atoms with Gasteiger partial charge in [0.05, 0.1) is 0 Å². The Morgan fingerprint density at radius 1 is 1.09 bits per heavy atom. The third-order valence-corrected chi connectivity index (χ3v) is 1.07. The predicted octanol–water partition coefficient (Wildman–Crippen LogP) is -0.0607. The van der Waals surface area contributed by atoms with E-state index >= 15 is 0 Å². The van der Waals surface area contributed by atoms with Crippen molar-refractivity contribution >= 4 is 19.6 Å². The Morgan fingerprint density at radius 3 is 1.91 bits per heavy atom. The van der Waals surface area contributed by atoms with E-state index in [1.54, 1.807) is 24.3 Å². The quantitative estimate of drug-likeness (QED) is 0.415. The van der Waals surface area contributed by atoms with Gasteiger partial charge in [0, 0.05) is 0 Å². The molecule has 11 heavy (non-hydrogen) atoms. The maximum Gasteiger partial charge on any atom is -0.870 e. The molecule has 0 spiro atoms. The van der Waals surface area contributed by atoms with Crippen LogP contribution in [-0.2, 0) is 0 Å². The van der Waals surface area contributed by atoms with Gasteiger partial charge in [0.1, 0.15) is 0 Å². The monoisotopic (exact) mass is 150 g/mol. The number of hydrogen-bond acceptors (Lipinski definition) is 3. The predicted molar refractivity (Wildman–Crippen MR) is 41.1 cm³/mol. The van der Waals surface area contributed by atoms with Gasteiger partial charge in [-0.25, -0.2) is 0 Å². The zero-order chi connectivity index (χ0) is 6.69. The van der Waals surface area contributed by atoms with Crippen LogP contribution in [0.3, 0.4) is 0 Å². The molecule has 0 aromatic heterocycles. The fraction of sp³-hybridized carbons (Fsp3) is 0. The molecule has 0 amide bonds. The van der Waals surface area contributed by atoms with Crippen molar-refractivity contribution in [3.63, 3.8) is 0 Å². The molecule has 0 atom stereocenters. The average molecular weight is 150 g/mol. The second-order valence-electron chi connectivity index (χ2n) is 1.78. The van der Waals surface area contributed by atoms with Gasteiger partial charge in [0.2, 0.25) is 0 Å². The molecule has 3 nitrogen and oxygen atoms in total. The Hall–Kier alpha value is -1.13. The standard InChI is InChI=1S/C7H5BO.2H2O/c8-7-3-1-6(5-9)2-4-7;;/h1-5H;2*1H2/q+2;;/p-2. The summed E-state index contributed by atoms with van der Waals surface area (Å²) in [6, 6.07) is 6.76. The van der Waals surface area contributed by atoms with Gasteiger partial charge in [0.15, 0.2) is 0 Å². The van der Waals surface area contributed by atoms with Crippen molar-refractivity contribution in [3.05, 3.63) is 29.8 Å². The molecule has 0 heterocycles. The van der Waals surface area contributed by atoms with E-state index in [1.165, 1.54) is 0 Å². The average Bonchev–Trinajstić information content (AvgIpc) is 1.90. The number of benzene rings is 1. The van der Waals surface area contributed by atoms with Crippen LogP contribution < -0.4 is 5.46 Å². The van der Waals surface area contributed by atoms with Crippen LogP contribution in [0.4, 0.5) is 0 Å². The van der Waals surface area contributed by atoms with Gasteiger partial charge in [-0.2, -0.15) is 0 Å². The molecule has 0 saturated carbocycles. The molecule has 0 unspecified atom stereocenters. The minimum Gasteiger partial charge on any atom is -0.870 e. The molecule has 0 radical (unpaired) electrons. The van der Waals surface area contributed by atoms with Crippen molar-refractivity contribution in [2.45, 2.75) is 0 Å². The Kier molecular flexibility index (Phi) is 6.44. The summed E-state index contributed by atoms with van der Waals surface area (Å²) in [5.41, 5.74) is 1.34. The third kappa shape index (κ3) is 3.55. The first-order chi connectivity index (χ1) is 4.33. The molecule has 56 valence electrons. The smallest absolute Gasteiger partial charge is 0.870 e. The molecular weight excluding hydrogens is 143 g/mol. The van der Waals surface area contributed by atoms with Crippen LogP contribution in [0.5, 0.6) is 0 Å². The second-order valence-corrected chi connectivity index (χ2v) is 1.78. The van der Waals surface area contributed by atoms with Crippen molar-refractivity contribution < 1.29 is 15.7 Å². The molecule has 1 aromatic carbocycles. The van der Waals surface area contributed by atoms with E-state index < -0.39 is 0 Å². The van der Waals surface area contributed by atoms with E-state index in [4.69, 9.17) is 7.85 Å². The summed E-state index contributed by atoms with van der Waals surface area (Å²) < 4.78 is 0. The summed E-state index contributed by atoms with van der Waals surface area (Å²) in [7, 11) is 5.37. The fourth-order valence-electron chi connectivity index (χ4n) is 0.575. The zero-order valence-corrected chi connectivity index (χ0v) is 5.77. The Balaban J connectivity index is 0. The number of hydrogen-bond donors (Lipinski definition) is 0. The molecule has 1 aromatic rings. The molecule has 0 bridgehead atoms. The molecule has 2 N–H and O–H groups in total. The summed E-state index contributed by atoms with van der Waals surface area (Å²) in [6.07, 6.45) is 0.791. The Morgan fingerprint density at radius 2 is 1.55 bits per heavy atom. The number of carbonyl (C=O) groups excluding carboxylic acids is 1. The first kappa shape index (κ1) is 12.5. The van der Waals surface area contributed by atoms with Crippen LogP contribution in [0.25, 0.3) is 0 Å². The second kappa shape index (κ2) is 5.64. The number of aldehydes is 1. The summed E-state index contributed by atoms with van der Waals surface area (Å²) >= 11 is 0. The summed E-state index contributed by atoms with van der Waals surface area (Å²) in [6.45, 7) is 0. The first-order valence-corrected chi connectivity index (χ1v) is 2.63. The van der Waals surface area contributed by atoms with Gasteiger partial charge in [-0.15, -0.1) is 0 Å². The molecule has 0 aliphatic rings. The minimum atomic E-state index is 0. The van der Waals surface area contributed by atoms with E-state index in [0.29, 0.717) is 11.0 Å². The first-order valence-electron chi connectivity index (χ1n) is 2.63. The molecule has 4 heteroatoms. The van der Waals surface area contributed by atoms with E-state index in [2.05, 4.69) is 0 Å². The fourth-order valence-corrected chi connectivity index (χ4v) is 0.575. The van der Waals surface area contributed by atoms with Gasteiger partial charge in [-0.3, -0.25) is 0 Å². The molecule has 1 rings (SSSR count). The van der Waals surface area contributed by atoms with Gasteiger partial charge < -0.3 is 11.0 Å². The van der Waals surface area contributed by atoms with Gasteiger partial charge in [-0.1, -0.05) is 0 Å². The molecule has 0 aliphatic heterocycles.